The third kappa shape index (κ3) is 22.1. The Kier molecular flexibility index (Phi) is 29.2. The number of benzene rings is 7. The number of carbonyl (C=O) groups excluding carboxylic acids is 2. The van der Waals surface area contributed by atoms with Gasteiger partial charge in [0.2, 0.25) is 0 Å². The summed E-state index contributed by atoms with van der Waals surface area (Å²) in [5.74, 6) is -1.68. The third-order valence-electron chi connectivity index (χ3n) is 16.4. The van der Waals surface area contributed by atoms with Gasteiger partial charge in [-0.3, -0.25) is 9.59 Å². The number of halogens is 3. The van der Waals surface area contributed by atoms with Crippen molar-refractivity contribution in [3.63, 3.8) is 0 Å². The lowest BCUT2D eigenvalue weighted by Gasteiger charge is -2.51. The number of ether oxygens (including phenoxy) is 15. The first-order valence-corrected chi connectivity index (χ1v) is 33.8. The van der Waals surface area contributed by atoms with Crippen LogP contribution in [-0.2, 0) is 127 Å². The van der Waals surface area contributed by atoms with E-state index < -0.39 is 114 Å². The number of hydrogen-bond donors (Lipinski definition) is 1. The van der Waals surface area contributed by atoms with Crippen molar-refractivity contribution in [1.29, 1.82) is 0 Å². The van der Waals surface area contributed by atoms with E-state index in [9.17, 15) is 9.59 Å². The average molecular weight is 1400 g/mol. The summed E-state index contributed by atoms with van der Waals surface area (Å²) < 4.78 is 101. The molecule has 0 radical (unpaired) electrons. The molecule has 3 aliphatic rings. The van der Waals surface area contributed by atoms with Crippen molar-refractivity contribution in [2.75, 3.05) is 33.0 Å². The Balaban J connectivity index is 1.07. The lowest BCUT2D eigenvalue weighted by atomic mass is 9.94. The van der Waals surface area contributed by atoms with Crippen molar-refractivity contribution in [3.8, 4) is 0 Å². The molecule has 21 heteroatoms. The van der Waals surface area contributed by atoms with Crippen LogP contribution in [0, 0.1) is 0 Å². The molecule has 3 saturated heterocycles. The first-order chi connectivity index (χ1) is 47.9. The van der Waals surface area contributed by atoms with Crippen molar-refractivity contribution in [2.45, 2.75) is 149 Å². The number of carbonyl (C=O) groups is 2. The second-order valence-corrected chi connectivity index (χ2v) is 25.9. The molecular formula is C77H84Cl3NO17. The van der Waals surface area contributed by atoms with Crippen LogP contribution >= 0.6 is 34.8 Å². The zero-order valence-electron chi connectivity index (χ0n) is 54.5. The fourth-order valence-electron chi connectivity index (χ4n) is 11.7. The van der Waals surface area contributed by atoms with Crippen LogP contribution in [0.15, 0.2) is 238 Å². The van der Waals surface area contributed by atoms with Gasteiger partial charge in [0.05, 0.1) is 79.3 Å². The van der Waals surface area contributed by atoms with Crippen molar-refractivity contribution >= 4 is 46.7 Å². The minimum atomic E-state index is -2.51. The standard InChI is InChI=1S/C77H84Cl3NO17/c1-4-41-86-71-70(92-49-60-39-25-12-26-40-60)67(98-73-64(81-76(83)77(78,79)80)68(90-47-58-35-21-10-22-36-58)65(88-45-56-31-17-8-18-32-56)61(95-73)50-84-43-54-27-13-6-14-28-54)63(97-74(71)87-42-5-2)52-93-75-72(94-53(3)82)69(91-48-59-37-23-11-24-38-59)66(89-46-57-33-19-9-20-34-57)62(96-75)51-85-44-55-29-15-7-16-30-55/h4-40,61-75H,1-2,41-52H2,3H3,(H,81,83)/t61-,62-,63-,64-,65+,66-,67-,68-,69+,70+,71+,72+,73+,74+,75+/m1/s1. The summed E-state index contributed by atoms with van der Waals surface area (Å²) in [6.45, 7) is 9.47. The van der Waals surface area contributed by atoms with Crippen LogP contribution < -0.4 is 5.32 Å². The fourth-order valence-corrected chi connectivity index (χ4v) is 11.9. The van der Waals surface area contributed by atoms with E-state index in [0.717, 1.165) is 38.9 Å². The fraction of sp³-hybridized carbons (Fsp3) is 0.377. The summed E-state index contributed by atoms with van der Waals surface area (Å²) in [5, 5.41) is 2.95. The highest BCUT2D eigenvalue weighted by Crippen LogP contribution is 2.38. The van der Waals surface area contributed by atoms with Gasteiger partial charge >= 0.3 is 5.97 Å². The Labute approximate surface area is 588 Å². The Morgan fingerprint density at radius 2 is 0.714 bits per heavy atom. The first-order valence-electron chi connectivity index (χ1n) is 32.6. The SMILES string of the molecule is C=CCO[C@H]1O[C@H](CO[C@H]2O[C@H](COCc3ccccc3)[C@@H](OCc3ccccc3)[C@H](OCc3ccccc3)[C@@H]2OC(C)=O)[C@@H](O[C@@H]2O[C@H](COCc3ccccc3)[C@H](OCc3ccccc3)[C@H](OCc3ccccc3)[C@H]2NC(=O)C(Cl)(Cl)Cl)[C@H](OCc2ccccc2)[C@@H]1OCC=C. The highest BCUT2D eigenvalue weighted by molar-refractivity contribution is 6.76. The van der Waals surface area contributed by atoms with Crippen LogP contribution in [0.5, 0.6) is 0 Å². The third-order valence-corrected chi connectivity index (χ3v) is 16.9. The smallest absolute Gasteiger partial charge is 0.303 e. The van der Waals surface area contributed by atoms with Crippen LogP contribution in [0.4, 0.5) is 0 Å². The quantitative estimate of drug-likeness (QED) is 0.0222. The number of rotatable bonds is 36. The Hall–Kier alpha value is -6.73. The molecule has 0 aromatic heterocycles. The van der Waals surface area contributed by atoms with E-state index in [4.69, 9.17) is 106 Å². The van der Waals surface area contributed by atoms with Gasteiger partial charge in [-0.05, 0) is 38.9 Å². The summed E-state index contributed by atoms with van der Waals surface area (Å²) in [6, 6.07) is 65.9. The molecule has 15 atom stereocenters. The van der Waals surface area contributed by atoms with Crippen molar-refractivity contribution in [3.05, 3.63) is 277 Å². The van der Waals surface area contributed by atoms with Crippen molar-refractivity contribution in [1.82, 2.24) is 5.32 Å². The predicted octanol–water partition coefficient (Wildman–Crippen LogP) is 12.5. The molecule has 1 amide bonds. The Bertz CT molecular complexity index is 3450. The molecule has 0 bridgehead atoms. The van der Waals surface area contributed by atoms with E-state index in [-0.39, 0.29) is 72.7 Å². The van der Waals surface area contributed by atoms with Gasteiger partial charge in [-0.2, -0.15) is 0 Å². The van der Waals surface area contributed by atoms with Gasteiger partial charge in [0, 0.05) is 6.92 Å². The number of alkyl halides is 3. The van der Waals surface area contributed by atoms with Crippen LogP contribution in [0.2, 0.25) is 0 Å². The summed E-state index contributed by atoms with van der Waals surface area (Å²) >= 11 is 19.4. The molecule has 0 unspecified atom stereocenters. The number of nitrogens with one attached hydrogen (secondary N) is 1. The highest BCUT2D eigenvalue weighted by atomic mass is 35.6. The van der Waals surface area contributed by atoms with E-state index in [2.05, 4.69) is 18.5 Å². The maximum absolute atomic E-state index is 14.5. The average Bonchev–Trinajstić information content (AvgIpc) is 0.775. The molecule has 0 aliphatic carbocycles. The van der Waals surface area contributed by atoms with E-state index >= 15 is 0 Å². The minimum absolute atomic E-state index is 0.00513. The second kappa shape index (κ2) is 38.7. The molecule has 3 heterocycles. The molecule has 3 aliphatic heterocycles. The predicted molar refractivity (Wildman–Crippen MR) is 368 cm³/mol. The molecule has 10 rings (SSSR count). The van der Waals surface area contributed by atoms with E-state index in [1.54, 1.807) is 12.2 Å². The molecule has 18 nitrogen and oxygen atoms in total. The molecule has 98 heavy (non-hydrogen) atoms. The summed E-state index contributed by atoms with van der Waals surface area (Å²) in [5.41, 5.74) is 5.97. The molecule has 520 valence electrons. The number of amides is 1. The van der Waals surface area contributed by atoms with E-state index in [0.29, 0.717) is 0 Å². The van der Waals surface area contributed by atoms with Gasteiger partial charge in [-0.25, -0.2) is 0 Å². The van der Waals surface area contributed by atoms with Gasteiger partial charge in [0.15, 0.2) is 25.0 Å². The van der Waals surface area contributed by atoms with Gasteiger partial charge in [0.1, 0.15) is 67.1 Å². The molecule has 3 fully saturated rings. The number of hydrogen-bond acceptors (Lipinski definition) is 17. The Morgan fingerprint density at radius 1 is 0.388 bits per heavy atom. The maximum atomic E-state index is 14.5. The topological polar surface area (TPSA) is 185 Å². The summed E-state index contributed by atoms with van der Waals surface area (Å²) in [7, 11) is 0. The van der Waals surface area contributed by atoms with Crippen LogP contribution in [0.1, 0.15) is 45.9 Å². The monoisotopic (exact) mass is 1400 g/mol. The van der Waals surface area contributed by atoms with Crippen molar-refractivity contribution < 1.29 is 80.6 Å². The summed E-state index contributed by atoms with van der Waals surface area (Å²) in [4.78, 5) is 28.1. The van der Waals surface area contributed by atoms with E-state index in [1.165, 1.54) is 6.92 Å². The van der Waals surface area contributed by atoms with Crippen LogP contribution in [-0.4, -0.2) is 141 Å². The van der Waals surface area contributed by atoms with Crippen molar-refractivity contribution in [2.24, 2.45) is 0 Å². The molecule has 1 N–H and O–H groups in total. The van der Waals surface area contributed by atoms with Gasteiger partial charge < -0.3 is 76.4 Å². The summed E-state index contributed by atoms with van der Waals surface area (Å²) in [6.07, 6.45) is -13.2. The normalized spacial score (nSPS) is 25.6. The zero-order chi connectivity index (χ0) is 68.3. The van der Waals surface area contributed by atoms with Gasteiger partial charge in [-0.15, -0.1) is 13.2 Å². The minimum Gasteiger partial charge on any atom is -0.454 e. The Morgan fingerprint density at radius 3 is 1.10 bits per heavy atom. The molecule has 0 saturated carbocycles. The van der Waals surface area contributed by atoms with E-state index in [1.807, 2.05) is 212 Å². The van der Waals surface area contributed by atoms with Gasteiger partial charge in [-0.1, -0.05) is 259 Å². The lowest BCUT2D eigenvalue weighted by molar-refractivity contribution is -0.368. The molecule has 7 aromatic rings. The molecular weight excluding hydrogens is 1320 g/mol. The van der Waals surface area contributed by atoms with Gasteiger partial charge in [0.25, 0.3) is 9.70 Å². The molecule has 7 aromatic carbocycles. The largest absolute Gasteiger partial charge is 0.454 e. The second-order valence-electron chi connectivity index (χ2n) is 23.7. The first kappa shape index (κ1) is 74.0. The zero-order valence-corrected chi connectivity index (χ0v) is 56.8. The lowest BCUT2D eigenvalue weighted by Crippen LogP contribution is -2.69. The van der Waals surface area contributed by atoms with Crippen LogP contribution in [0.3, 0.4) is 0 Å². The molecule has 0 spiro atoms. The maximum Gasteiger partial charge on any atom is 0.303 e. The van der Waals surface area contributed by atoms with Crippen LogP contribution in [0.25, 0.3) is 0 Å². The highest BCUT2D eigenvalue weighted by Gasteiger charge is 2.57. The number of esters is 1.